The quantitative estimate of drug-likeness (QED) is 0.658. The standard InChI is InChI=1S/C21H20FN3O3/c1-27-20-9-5-8-18(22)17(20)13-24-10-11-25-19(21(24)26)12-15(23-25)14-28-16-6-3-2-4-7-16/h2-9,12H,10-11,13-14H2,1H3. The molecule has 0 fully saturated rings. The Labute approximate surface area is 162 Å². The Morgan fingerprint density at radius 2 is 1.93 bits per heavy atom. The molecule has 1 aliphatic rings. The molecule has 6 nitrogen and oxygen atoms in total. The van der Waals surface area contributed by atoms with Crippen molar-refractivity contribution in [3.63, 3.8) is 0 Å². The molecule has 0 aliphatic carbocycles. The van der Waals surface area contributed by atoms with E-state index in [4.69, 9.17) is 9.47 Å². The maximum absolute atomic E-state index is 14.2. The average Bonchev–Trinajstić information content (AvgIpc) is 3.14. The van der Waals surface area contributed by atoms with E-state index in [1.807, 2.05) is 30.3 Å². The number of benzene rings is 2. The van der Waals surface area contributed by atoms with Crippen LogP contribution in [0.15, 0.2) is 54.6 Å². The molecule has 0 unspecified atom stereocenters. The monoisotopic (exact) mass is 381 g/mol. The topological polar surface area (TPSA) is 56.6 Å². The fourth-order valence-corrected chi connectivity index (χ4v) is 3.26. The summed E-state index contributed by atoms with van der Waals surface area (Å²) in [5, 5.41) is 4.45. The Morgan fingerprint density at radius 1 is 1.11 bits per heavy atom. The van der Waals surface area contributed by atoms with Crippen molar-refractivity contribution in [1.29, 1.82) is 0 Å². The van der Waals surface area contributed by atoms with Gasteiger partial charge in [0.15, 0.2) is 0 Å². The molecule has 0 spiro atoms. The van der Waals surface area contributed by atoms with Crippen LogP contribution in [0.25, 0.3) is 0 Å². The van der Waals surface area contributed by atoms with E-state index in [1.165, 1.54) is 13.2 Å². The normalized spacial score (nSPS) is 13.4. The number of methoxy groups -OCH3 is 1. The summed E-state index contributed by atoms with van der Waals surface area (Å²) in [5.74, 6) is 0.607. The molecule has 0 bridgehead atoms. The molecule has 2 aromatic carbocycles. The van der Waals surface area contributed by atoms with E-state index < -0.39 is 0 Å². The lowest BCUT2D eigenvalue weighted by atomic mass is 10.1. The summed E-state index contributed by atoms with van der Waals surface area (Å²) >= 11 is 0. The first-order valence-electron chi connectivity index (χ1n) is 9.01. The number of rotatable bonds is 6. The zero-order chi connectivity index (χ0) is 19.5. The van der Waals surface area contributed by atoms with Crippen molar-refractivity contribution in [3.05, 3.63) is 77.4 Å². The number of aromatic nitrogens is 2. The number of amides is 1. The van der Waals surface area contributed by atoms with Gasteiger partial charge in [0.25, 0.3) is 5.91 Å². The highest BCUT2D eigenvalue weighted by Crippen LogP contribution is 2.25. The smallest absolute Gasteiger partial charge is 0.272 e. The van der Waals surface area contributed by atoms with Gasteiger partial charge in [0, 0.05) is 12.1 Å². The van der Waals surface area contributed by atoms with E-state index in [0.717, 1.165) is 5.75 Å². The number of fused-ring (bicyclic) bond motifs is 1. The third-order valence-electron chi connectivity index (χ3n) is 4.69. The van der Waals surface area contributed by atoms with Gasteiger partial charge in [0.2, 0.25) is 0 Å². The van der Waals surface area contributed by atoms with Gasteiger partial charge < -0.3 is 14.4 Å². The highest BCUT2D eigenvalue weighted by molar-refractivity contribution is 5.93. The van der Waals surface area contributed by atoms with Crippen molar-refractivity contribution in [3.8, 4) is 11.5 Å². The molecule has 1 amide bonds. The minimum atomic E-state index is -0.386. The summed E-state index contributed by atoms with van der Waals surface area (Å²) in [6.45, 7) is 1.42. The highest BCUT2D eigenvalue weighted by atomic mass is 19.1. The van der Waals surface area contributed by atoms with E-state index in [-0.39, 0.29) is 24.9 Å². The lowest BCUT2D eigenvalue weighted by Gasteiger charge is -2.28. The molecule has 2 heterocycles. The number of halogens is 1. The Hall–Kier alpha value is -3.35. The molecule has 4 rings (SSSR count). The van der Waals surface area contributed by atoms with Crippen LogP contribution in [0.2, 0.25) is 0 Å². The van der Waals surface area contributed by atoms with Gasteiger partial charge in [-0.25, -0.2) is 4.39 Å². The molecule has 7 heteroatoms. The predicted molar refractivity (Wildman–Crippen MR) is 101 cm³/mol. The van der Waals surface area contributed by atoms with Crippen molar-refractivity contribution in [2.24, 2.45) is 0 Å². The Bertz CT molecular complexity index is 988. The van der Waals surface area contributed by atoms with Crippen molar-refractivity contribution >= 4 is 5.91 Å². The maximum atomic E-state index is 14.2. The van der Waals surface area contributed by atoms with Crippen LogP contribution in [0.3, 0.4) is 0 Å². The van der Waals surface area contributed by atoms with Crippen molar-refractivity contribution < 1.29 is 18.7 Å². The van der Waals surface area contributed by atoms with Crippen LogP contribution in [-0.2, 0) is 19.7 Å². The number of hydrogen-bond acceptors (Lipinski definition) is 4. The molecule has 0 saturated carbocycles. The lowest BCUT2D eigenvalue weighted by Crippen LogP contribution is -2.40. The second-order valence-electron chi connectivity index (χ2n) is 6.49. The molecule has 0 saturated heterocycles. The van der Waals surface area contributed by atoms with Crippen molar-refractivity contribution in [2.75, 3.05) is 13.7 Å². The number of hydrogen-bond donors (Lipinski definition) is 0. The first-order valence-corrected chi connectivity index (χ1v) is 9.01. The Morgan fingerprint density at radius 3 is 2.71 bits per heavy atom. The summed E-state index contributed by atoms with van der Waals surface area (Å²) in [5.41, 5.74) is 1.53. The zero-order valence-corrected chi connectivity index (χ0v) is 15.5. The van der Waals surface area contributed by atoms with E-state index in [1.54, 1.807) is 27.8 Å². The summed E-state index contributed by atoms with van der Waals surface area (Å²) in [7, 11) is 1.49. The van der Waals surface area contributed by atoms with Crippen LogP contribution < -0.4 is 9.47 Å². The third-order valence-corrected chi connectivity index (χ3v) is 4.69. The van der Waals surface area contributed by atoms with Gasteiger partial charge in [-0.15, -0.1) is 0 Å². The minimum Gasteiger partial charge on any atom is -0.496 e. The van der Waals surface area contributed by atoms with E-state index in [9.17, 15) is 9.18 Å². The summed E-state index contributed by atoms with van der Waals surface area (Å²) < 4.78 is 26.9. The van der Waals surface area contributed by atoms with Crippen LogP contribution in [0.5, 0.6) is 11.5 Å². The number of carbonyl (C=O) groups is 1. The number of para-hydroxylation sites is 1. The molecule has 0 atom stereocenters. The van der Waals surface area contributed by atoms with Gasteiger partial charge in [0.05, 0.1) is 20.2 Å². The lowest BCUT2D eigenvalue weighted by molar-refractivity contribution is 0.0680. The van der Waals surface area contributed by atoms with E-state index >= 15 is 0 Å². The van der Waals surface area contributed by atoms with Crippen LogP contribution in [0, 0.1) is 5.82 Å². The van der Waals surface area contributed by atoms with Gasteiger partial charge in [-0.05, 0) is 30.3 Å². The molecular weight excluding hydrogens is 361 g/mol. The van der Waals surface area contributed by atoms with Gasteiger partial charge in [-0.3, -0.25) is 9.48 Å². The molecule has 144 valence electrons. The van der Waals surface area contributed by atoms with Crippen LogP contribution in [0.1, 0.15) is 21.7 Å². The van der Waals surface area contributed by atoms with Crippen LogP contribution in [-0.4, -0.2) is 34.2 Å². The molecule has 28 heavy (non-hydrogen) atoms. The van der Waals surface area contributed by atoms with E-state index in [0.29, 0.717) is 35.8 Å². The third kappa shape index (κ3) is 3.55. The Balaban J connectivity index is 1.49. The van der Waals surface area contributed by atoms with Crippen molar-refractivity contribution in [1.82, 2.24) is 14.7 Å². The summed E-state index contributed by atoms with van der Waals surface area (Å²) in [6, 6.07) is 15.8. The minimum absolute atomic E-state index is 0.149. The van der Waals surface area contributed by atoms with E-state index in [2.05, 4.69) is 5.10 Å². The second-order valence-corrected chi connectivity index (χ2v) is 6.49. The van der Waals surface area contributed by atoms with Crippen LogP contribution in [0.4, 0.5) is 4.39 Å². The van der Waals surface area contributed by atoms with Gasteiger partial charge in [-0.2, -0.15) is 5.10 Å². The van der Waals surface area contributed by atoms with Gasteiger partial charge in [-0.1, -0.05) is 24.3 Å². The average molecular weight is 381 g/mol. The van der Waals surface area contributed by atoms with Gasteiger partial charge in [0.1, 0.15) is 35.3 Å². The van der Waals surface area contributed by atoms with Gasteiger partial charge >= 0.3 is 0 Å². The molecule has 1 aliphatic heterocycles. The first kappa shape index (κ1) is 18.0. The molecule has 3 aromatic rings. The number of ether oxygens (including phenoxy) is 2. The summed E-state index contributed by atoms with van der Waals surface area (Å²) in [6.07, 6.45) is 0. The molecule has 0 N–H and O–H groups in total. The fraction of sp³-hybridized carbons (Fsp3) is 0.238. The fourth-order valence-electron chi connectivity index (χ4n) is 3.26. The predicted octanol–water partition coefficient (Wildman–Crippen LogP) is 3.27. The highest BCUT2D eigenvalue weighted by Gasteiger charge is 2.28. The second kappa shape index (κ2) is 7.72. The summed E-state index contributed by atoms with van der Waals surface area (Å²) in [4.78, 5) is 14.5. The number of nitrogens with zero attached hydrogens (tertiary/aromatic N) is 3. The first-order chi connectivity index (χ1) is 13.7. The zero-order valence-electron chi connectivity index (χ0n) is 15.5. The molecule has 0 radical (unpaired) electrons. The van der Waals surface area contributed by atoms with Crippen molar-refractivity contribution in [2.45, 2.75) is 19.7 Å². The van der Waals surface area contributed by atoms with Crippen LogP contribution >= 0.6 is 0 Å². The number of carbonyl (C=O) groups excluding carboxylic acids is 1. The molecule has 1 aromatic heterocycles. The Kier molecular flexibility index (Phi) is 4.97. The SMILES string of the molecule is COc1cccc(F)c1CN1CCn2nc(COc3ccccc3)cc2C1=O. The molecular formula is C21H20FN3O3. The largest absolute Gasteiger partial charge is 0.496 e. The maximum Gasteiger partial charge on any atom is 0.272 e.